The van der Waals surface area contributed by atoms with Gasteiger partial charge in [0.25, 0.3) is 0 Å². The third-order valence-electron chi connectivity index (χ3n) is 4.40. The number of nitriles is 1. The molecule has 0 unspecified atom stereocenters. The Hall–Kier alpha value is -2.87. The molecule has 1 aliphatic heterocycles. The first-order chi connectivity index (χ1) is 11.2. The highest BCUT2D eigenvalue weighted by molar-refractivity contribution is 5.76. The number of aryl methyl sites for hydroxylation is 1. The number of fused-ring (bicyclic) bond motifs is 1. The second kappa shape index (κ2) is 5.40. The van der Waals surface area contributed by atoms with E-state index in [2.05, 4.69) is 46.1 Å². The molecular formula is C18H17N5. The smallest absolute Gasteiger partial charge is 0.130 e. The van der Waals surface area contributed by atoms with Crippen LogP contribution >= 0.6 is 0 Å². The van der Waals surface area contributed by atoms with Crippen molar-refractivity contribution in [3.05, 3.63) is 53.5 Å². The average molecular weight is 303 g/mol. The lowest BCUT2D eigenvalue weighted by Gasteiger charge is -2.24. The van der Waals surface area contributed by atoms with Crippen LogP contribution in [-0.2, 0) is 0 Å². The minimum atomic E-state index is 0.211. The van der Waals surface area contributed by atoms with E-state index < -0.39 is 0 Å². The topological polar surface area (TPSA) is 68.6 Å². The molecule has 3 heterocycles. The molecule has 1 aromatic carbocycles. The molecule has 114 valence electrons. The second-order valence-corrected chi connectivity index (χ2v) is 6.01. The minimum absolute atomic E-state index is 0.211. The van der Waals surface area contributed by atoms with Crippen molar-refractivity contribution in [1.82, 2.24) is 15.0 Å². The second-order valence-electron chi connectivity index (χ2n) is 6.01. The summed E-state index contributed by atoms with van der Waals surface area (Å²) in [5.41, 5.74) is 3.90. The van der Waals surface area contributed by atoms with Crippen LogP contribution in [0.5, 0.6) is 0 Å². The number of hydrogen-bond acceptors (Lipinski definition) is 4. The summed E-state index contributed by atoms with van der Waals surface area (Å²) < 4.78 is 0. The Kier molecular flexibility index (Phi) is 3.23. The van der Waals surface area contributed by atoms with Crippen LogP contribution in [0, 0.1) is 18.3 Å². The molecular weight excluding hydrogens is 286 g/mol. The molecule has 2 aromatic heterocycles. The van der Waals surface area contributed by atoms with Crippen molar-refractivity contribution >= 4 is 16.9 Å². The van der Waals surface area contributed by atoms with E-state index in [4.69, 9.17) is 10.2 Å². The van der Waals surface area contributed by atoms with Gasteiger partial charge in [-0.25, -0.2) is 9.97 Å². The van der Waals surface area contributed by atoms with Crippen LogP contribution in [0.25, 0.3) is 11.0 Å². The predicted octanol–water partition coefficient (Wildman–Crippen LogP) is 3.48. The summed E-state index contributed by atoms with van der Waals surface area (Å²) in [6, 6.07) is 12.3. The van der Waals surface area contributed by atoms with Gasteiger partial charge >= 0.3 is 0 Å². The molecule has 1 aliphatic rings. The summed E-state index contributed by atoms with van der Waals surface area (Å²) in [6.45, 7) is 3.04. The normalized spacial score (nSPS) is 17.6. The molecule has 5 nitrogen and oxygen atoms in total. The summed E-state index contributed by atoms with van der Waals surface area (Å²) >= 11 is 0. The lowest BCUT2D eigenvalue weighted by Crippen LogP contribution is -2.24. The fourth-order valence-electron chi connectivity index (χ4n) is 3.25. The number of pyridine rings is 1. The number of H-pyrrole nitrogens is 1. The monoisotopic (exact) mass is 303 g/mol. The highest BCUT2D eigenvalue weighted by atomic mass is 15.2. The number of aromatic nitrogens is 3. The number of anilines is 1. The third-order valence-corrected chi connectivity index (χ3v) is 4.40. The molecule has 1 saturated heterocycles. The number of benzene rings is 1. The first-order valence-corrected chi connectivity index (χ1v) is 7.83. The highest BCUT2D eigenvalue weighted by Crippen LogP contribution is 2.34. The van der Waals surface area contributed by atoms with Gasteiger partial charge in [-0.1, -0.05) is 6.07 Å². The van der Waals surface area contributed by atoms with Gasteiger partial charge in [0, 0.05) is 12.7 Å². The maximum absolute atomic E-state index is 8.91. The third kappa shape index (κ3) is 2.42. The molecule has 0 bridgehead atoms. The summed E-state index contributed by atoms with van der Waals surface area (Å²) in [4.78, 5) is 14.9. The van der Waals surface area contributed by atoms with E-state index in [-0.39, 0.29) is 6.04 Å². The maximum Gasteiger partial charge on any atom is 0.130 e. The molecule has 0 radical (unpaired) electrons. The SMILES string of the molecule is Cc1ccc2nc([C@H]3CCCN3c3ccc(C#N)cn3)[nH]c2c1. The Morgan fingerprint density at radius 3 is 3.00 bits per heavy atom. The zero-order valence-corrected chi connectivity index (χ0v) is 13.0. The first kappa shape index (κ1) is 13.8. The molecule has 23 heavy (non-hydrogen) atoms. The molecule has 0 aliphatic carbocycles. The van der Waals surface area contributed by atoms with E-state index in [1.807, 2.05) is 12.1 Å². The van der Waals surface area contributed by atoms with Crippen LogP contribution in [0.1, 0.15) is 35.8 Å². The van der Waals surface area contributed by atoms with Crippen molar-refractivity contribution in [2.75, 3.05) is 11.4 Å². The molecule has 0 saturated carbocycles. The molecule has 0 spiro atoms. The van der Waals surface area contributed by atoms with Gasteiger partial charge in [-0.3, -0.25) is 0 Å². The Bertz CT molecular complexity index is 888. The Morgan fingerprint density at radius 1 is 1.30 bits per heavy atom. The standard InChI is InChI=1S/C18H17N5/c1-12-4-6-14-15(9-12)22-18(21-14)16-3-2-8-23(16)17-7-5-13(10-19)11-20-17/h4-7,9,11,16H,2-3,8H2,1H3,(H,21,22)/t16-/m1/s1. The van der Waals surface area contributed by atoms with E-state index in [1.54, 1.807) is 6.20 Å². The first-order valence-electron chi connectivity index (χ1n) is 7.83. The van der Waals surface area contributed by atoms with Crippen LogP contribution in [0.15, 0.2) is 36.5 Å². The maximum atomic E-state index is 8.91. The molecule has 1 fully saturated rings. The van der Waals surface area contributed by atoms with Crippen molar-refractivity contribution in [2.24, 2.45) is 0 Å². The van der Waals surface area contributed by atoms with Crippen molar-refractivity contribution < 1.29 is 0 Å². The van der Waals surface area contributed by atoms with Crippen LogP contribution < -0.4 is 4.90 Å². The largest absolute Gasteiger partial charge is 0.346 e. The fourth-order valence-corrected chi connectivity index (χ4v) is 3.25. The van der Waals surface area contributed by atoms with Gasteiger partial charge in [0.1, 0.15) is 17.7 Å². The van der Waals surface area contributed by atoms with Crippen LogP contribution in [0.2, 0.25) is 0 Å². The van der Waals surface area contributed by atoms with Crippen molar-refractivity contribution in [3.63, 3.8) is 0 Å². The van der Waals surface area contributed by atoms with Gasteiger partial charge in [-0.15, -0.1) is 0 Å². The van der Waals surface area contributed by atoms with E-state index in [1.165, 1.54) is 5.56 Å². The minimum Gasteiger partial charge on any atom is -0.346 e. The highest BCUT2D eigenvalue weighted by Gasteiger charge is 2.29. The zero-order valence-electron chi connectivity index (χ0n) is 13.0. The van der Waals surface area contributed by atoms with Gasteiger partial charge in [0.2, 0.25) is 0 Å². The number of nitrogens with zero attached hydrogens (tertiary/aromatic N) is 4. The Morgan fingerprint density at radius 2 is 2.22 bits per heavy atom. The number of aromatic amines is 1. The van der Waals surface area contributed by atoms with Crippen LogP contribution in [0.3, 0.4) is 0 Å². The Balaban J connectivity index is 1.69. The zero-order chi connectivity index (χ0) is 15.8. The number of hydrogen-bond donors (Lipinski definition) is 1. The lowest BCUT2D eigenvalue weighted by molar-refractivity contribution is 0.673. The van der Waals surface area contributed by atoms with Gasteiger partial charge in [0.05, 0.1) is 22.6 Å². The summed E-state index contributed by atoms with van der Waals surface area (Å²) in [5.74, 6) is 1.90. The molecule has 1 atom stereocenters. The van der Waals surface area contributed by atoms with E-state index >= 15 is 0 Å². The summed E-state index contributed by atoms with van der Waals surface area (Å²) in [5, 5.41) is 8.91. The number of rotatable bonds is 2. The number of imidazole rings is 1. The number of nitrogens with one attached hydrogen (secondary N) is 1. The van der Waals surface area contributed by atoms with E-state index in [0.29, 0.717) is 5.56 Å². The van der Waals surface area contributed by atoms with Gasteiger partial charge < -0.3 is 9.88 Å². The lowest BCUT2D eigenvalue weighted by atomic mass is 10.2. The van der Waals surface area contributed by atoms with Crippen LogP contribution in [-0.4, -0.2) is 21.5 Å². The van der Waals surface area contributed by atoms with Gasteiger partial charge in [-0.05, 0) is 49.6 Å². The van der Waals surface area contributed by atoms with Crippen molar-refractivity contribution in [1.29, 1.82) is 5.26 Å². The van der Waals surface area contributed by atoms with E-state index in [9.17, 15) is 0 Å². The molecule has 3 aromatic rings. The van der Waals surface area contributed by atoms with Crippen molar-refractivity contribution in [2.45, 2.75) is 25.8 Å². The molecule has 0 amide bonds. The Labute approximate surface area is 134 Å². The summed E-state index contributed by atoms with van der Waals surface area (Å²) in [7, 11) is 0. The van der Waals surface area contributed by atoms with Gasteiger partial charge in [0.15, 0.2) is 0 Å². The predicted molar refractivity (Wildman–Crippen MR) is 89.1 cm³/mol. The summed E-state index contributed by atoms with van der Waals surface area (Å²) in [6.07, 6.45) is 3.80. The van der Waals surface area contributed by atoms with Crippen molar-refractivity contribution in [3.8, 4) is 6.07 Å². The molecule has 5 heteroatoms. The van der Waals surface area contributed by atoms with Crippen LogP contribution in [0.4, 0.5) is 5.82 Å². The van der Waals surface area contributed by atoms with E-state index in [0.717, 1.165) is 42.1 Å². The van der Waals surface area contributed by atoms with Gasteiger partial charge in [-0.2, -0.15) is 5.26 Å². The molecule has 4 rings (SSSR count). The average Bonchev–Trinajstić information content (AvgIpc) is 3.20. The molecule has 1 N–H and O–H groups in total. The quantitative estimate of drug-likeness (QED) is 0.787. The fraction of sp³-hybridized carbons (Fsp3) is 0.278.